The van der Waals surface area contributed by atoms with E-state index < -0.39 is 17.2 Å². The number of hydrogen-bond donors (Lipinski definition) is 2. The van der Waals surface area contributed by atoms with Gasteiger partial charge in [0, 0.05) is 12.6 Å². The number of aromatic amines is 2. The van der Waals surface area contributed by atoms with Gasteiger partial charge in [-0.2, -0.15) is 0 Å². The molecule has 0 saturated heterocycles. The Bertz CT molecular complexity index is 1270. The summed E-state index contributed by atoms with van der Waals surface area (Å²) in [6.45, 7) is 0. The summed E-state index contributed by atoms with van der Waals surface area (Å²) in [5, 5.41) is 5.57. The highest BCUT2D eigenvalue weighted by molar-refractivity contribution is 6.51. The van der Waals surface area contributed by atoms with Crippen molar-refractivity contribution in [3.05, 3.63) is 80.6 Å². The molecule has 0 atom stereocenters. The summed E-state index contributed by atoms with van der Waals surface area (Å²) in [6.07, 6.45) is 1.62. The molecule has 1 amide bonds. The molecule has 2 N–H and O–H groups in total. The van der Waals surface area contributed by atoms with Crippen LogP contribution in [0.3, 0.4) is 0 Å². The number of amides is 1. The van der Waals surface area contributed by atoms with Crippen molar-refractivity contribution < 1.29 is 14.3 Å². The molecule has 0 spiro atoms. The number of para-hydroxylation sites is 1. The number of benzene rings is 2. The second-order valence-corrected chi connectivity index (χ2v) is 6.37. The van der Waals surface area contributed by atoms with Gasteiger partial charge in [-0.05, 0) is 35.9 Å². The van der Waals surface area contributed by atoms with Crippen LogP contribution < -0.4 is 25.8 Å². The molecule has 1 aliphatic heterocycles. The van der Waals surface area contributed by atoms with Gasteiger partial charge in [0.2, 0.25) is 5.78 Å². The number of carbonyl (C=O) groups is 2. The smallest absolute Gasteiger partial charge is 0.271 e. The average molecular weight is 375 g/mol. The molecular weight excluding hydrogens is 358 g/mol. The van der Waals surface area contributed by atoms with Gasteiger partial charge in [0.15, 0.2) is 0 Å². The summed E-state index contributed by atoms with van der Waals surface area (Å²) in [7, 11) is 3.17. The Balaban J connectivity index is 1.98. The number of H-pyrrole nitrogens is 2. The van der Waals surface area contributed by atoms with Crippen molar-refractivity contribution in [2.45, 2.75) is 0 Å². The average Bonchev–Trinajstić information content (AvgIpc) is 3.07. The van der Waals surface area contributed by atoms with E-state index in [0.717, 1.165) is 5.56 Å². The third kappa shape index (κ3) is 2.73. The summed E-state index contributed by atoms with van der Waals surface area (Å²) >= 11 is 0. The van der Waals surface area contributed by atoms with E-state index in [1.165, 1.54) is 4.90 Å². The Kier molecular flexibility index (Phi) is 4.19. The molecule has 0 fully saturated rings. The number of carbonyl (C=O) groups excluding carboxylic acids is 2. The number of hydrogen-bond acceptors (Lipinski definition) is 4. The summed E-state index contributed by atoms with van der Waals surface area (Å²) in [4.78, 5) is 39.7. The maximum absolute atomic E-state index is 13.0. The Morgan fingerprint density at radius 2 is 1.68 bits per heavy atom. The predicted molar refractivity (Wildman–Crippen MR) is 105 cm³/mol. The van der Waals surface area contributed by atoms with Gasteiger partial charge in [0.05, 0.1) is 23.4 Å². The lowest BCUT2D eigenvalue weighted by Crippen LogP contribution is -2.44. The fourth-order valence-electron chi connectivity index (χ4n) is 3.26. The molecule has 0 saturated carbocycles. The number of nitrogens with zero attached hydrogens (tertiary/aromatic N) is 1. The van der Waals surface area contributed by atoms with Gasteiger partial charge in [-0.1, -0.05) is 24.3 Å². The third-order valence-electron chi connectivity index (χ3n) is 4.75. The van der Waals surface area contributed by atoms with Crippen LogP contribution in [0.25, 0.3) is 11.6 Å². The summed E-state index contributed by atoms with van der Waals surface area (Å²) in [6, 6.07) is 14.0. The van der Waals surface area contributed by atoms with Gasteiger partial charge < -0.3 is 9.64 Å². The van der Waals surface area contributed by atoms with Crippen molar-refractivity contribution in [1.82, 2.24) is 10.2 Å². The van der Waals surface area contributed by atoms with Crippen LogP contribution in [-0.4, -0.2) is 36.0 Å². The van der Waals surface area contributed by atoms with E-state index in [9.17, 15) is 14.4 Å². The number of aromatic nitrogens is 2. The van der Waals surface area contributed by atoms with Gasteiger partial charge in [-0.25, -0.2) is 0 Å². The molecule has 2 aromatic carbocycles. The van der Waals surface area contributed by atoms with E-state index >= 15 is 0 Å². The number of nitrogens with one attached hydrogen (secondary N) is 2. The summed E-state index contributed by atoms with van der Waals surface area (Å²) < 4.78 is 5.13. The SMILES string of the molecule is COc1ccc(/C=c2\c(=O)[nH][nH]\c2=C2/C(=O)c3ccccc3N(C)C2=O)cc1. The van der Waals surface area contributed by atoms with E-state index in [2.05, 4.69) is 10.2 Å². The van der Waals surface area contributed by atoms with E-state index in [-0.39, 0.29) is 16.1 Å². The highest BCUT2D eigenvalue weighted by atomic mass is 16.5. The maximum Gasteiger partial charge on any atom is 0.271 e. The fourth-order valence-corrected chi connectivity index (χ4v) is 3.26. The van der Waals surface area contributed by atoms with Gasteiger partial charge in [0.1, 0.15) is 11.3 Å². The lowest BCUT2D eigenvalue weighted by Gasteiger charge is -2.25. The molecule has 7 heteroatoms. The minimum atomic E-state index is -0.469. The predicted octanol–water partition coefficient (Wildman–Crippen LogP) is 0.550. The first kappa shape index (κ1) is 17.5. The Morgan fingerprint density at radius 1 is 0.964 bits per heavy atom. The van der Waals surface area contributed by atoms with Crippen molar-refractivity contribution in [3.8, 4) is 5.75 Å². The molecule has 0 unspecified atom stereocenters. The van der Waals surface area contributed by atoms with Crippen LogP contribution in [0.15, 0.2) is 53.3 Å². The lowest BCUT2D eigenvalue weighted by atomic mass is 9.95. The number of methoxy groups -OCH3 is 1. The second kappa shape index (κ2) is 6.70. The molecule has 28 heavy (non-hydrogen) atoms. The van der Waals surface area contributed by atoms with Gasteiger partial charge >= 0.3 is 0 Å². The Labute approximate surface area is 159 Å². The largest absolute Gasteiger partial charge is 0.497 e. The van der Waals surface area contributed by atoms with Crippen molar-refractivity contribution >= 4 is 29.0 Å². The van der Waals surface area contributed by atoms with E-state index in [1.54, 1.807) is 68.8 Å². The number of ether oxygens (including phenoxy) is 1. The zero-order chi connectivity index (χ0) is 19.8. The molecule has 1 aromatic heterocycles. The monoisotopic (exact) mass is 375 g/mol. The van der Waals surface area contributed by atoms with Crippen LogP contribution in [0, 0.1) is 0 Å². The molecule has 140 valence electrons. The summed E-state index contributed by atoms with van der Waals surface area (Å²) in [5.74, 6) is -0.202. The number of anilines is 1. The molecule has 4 rings (SSSR count). The van der Waals surface area contributed by atoms with Gasteiger partial charge in [-0.15, -0.1) is 0 Å². The number of fused-ring (bicyclic) bond motifs is 1. The summed E-state index contributed by atoms with van der Waals surface area (Å²) in [5.41, 5.74) is 1.20. The normalized spacial score (nSPS) is 16.4. The van der Waals surface area contributed by atoms with Crippen LogP contribution in [0.5, 0.6) is 5.75 Å². The number of rotatable bonds is 2. The van der Waals surface area contributed by atoms with Crippen LogP contribution in [0.1, 0.15) is 15.9 Å². The first-order chi connectivity index (χ1) is 13.5. The van der Waals surface area contributed by atoms with Crippen LogP contribution >= 0.6 is 0 Å². The fraction of sp³-hybridized carbons (Fsp3) is 0.0952. The number of ketones is 1. The highest BCUT2D eigenvalue weighted by Gasteiger charge is 2.33. The van der Waals surface area contributed by atoms with Crippen molar-refractivity contribution in [2.75, 3.05) is 19.1 Å². The van der Waals surface area contributed by atoms with Crippen molar-refractivity contribution in [2.24, 2.45) is 0 Å². The van der Waals surface area contributed by atoms with E-state index in [1.807, 2.05) is 0 Å². The standard InChI is InChI=1S/C21H17N3O4/c1-24-16-6-4-3-5-14(16)19(25)17(21(24)27)18-15(20(26)23-22-18)11-12-7-9-13(28-2)10-8-12/h3-11,22H,1-2H3,(H,23,26)/b15-11-,18-17+. The van der Waals surface area contributed by atoms with Gasteiger partial charge in [0.25, 0.3) is 11.5 Å². The zero-order valence-electron chi connectivity index (χ0n) is 15.3. The van der Waals surface area contributed by atoms with E-state index in [4.69, 9.17) is 4.74 Å². The van der Waals surface area contributed by atoms with Crippen LogP contribution in [-0.2, 0) is 4.79 Å². The topological polar surface area (TPSA) is 95.3 Å². The molecule has 0 radical (unpaired) electrons. The second-order valence-electron chi connectivity index (χ2n) is 6.37. The zero-order valence-corrected chi connectivity index (χ0v) is 15.3. The number of Topliss-reactive ketones (excluding diaryl/α,β-unsaturated/α-hetero) is 1. The molecule has 1 aliphatic rings. The van der Waals surface area contributed by atoms with Crippen LogP contribution in [0.4, 0.5) is 5.69 Å². The minimum absolute atomic E-state index is 0.0701. The molecular formula is C21H17N3O4. The third-order valence-corrected chi connectivity index (χ3v) is 4.75. The van der Waals surface area contributed by atoms with Gasteiger partial charge in [-0.3, -0.25) is 24.6 Å². The molecule has 3 aromatic rings. The Hall–Kier alpha value is -3.87. The highest BCUT2D eigenvalue weighted by Crippen LogP contribution is 2.28. The lowest BCUT2D eigenvalue weighted by molar-refractivity contribution is -0.113. The quantitative estimate of drug-likeness (QED) is 0.684. The molecule has 0 aliphatic carbocycles. The molecule has 0 bridgehead atoms. The molecule has 2 heterocycles. The Morgan fingerprint density at radius 3 is 2.39 bits per heavy atom. The van der Waals surface area contributed by atoms with Crippen molar-refractivity contribution in [1.29, 1.82) is 0 Å². The van der Waals surface area contributed by atoms with Crippen LogP contribution in [0.2, 0.25) is 0 Å². The first-order valence-electron chi connectivity index (χ1n) is 8.60. The first-order valence-corrected chi connectivity index (χ1v) is 8.60. The minimum Gasteiger partial charge on any atom is -0.497 e. The van der Waals surface area contributed by atoms with Crippen molar-refractivity contribution in [3.63, 3.8) is 0 Å². The van der Waals surface area contributed by atoms with E-state index in [0.29, 0.717) is 17.0 Å². The maximum atomic E-state index is 13.0. The molecule has 7 nitrogen and oxygen atoms in total.